The minimum atomic E-state index is -3.45. The normalized spacial score (nSPS) is 12.8. The fourth-order valence-corrected chi connectivity index (χ4v) is 2.95. The zero-order chi connectivity index (χ0) is 15.2. The molecular weight excluding hydrogens is 276 g/mol. The van der Waals surface area contributed by atoms with Crippen LogP contribution in [0.4, 0.5) is 5.82 Å². The highest BCUT2D eigenvalue weighted by molar-refractivity contribution is 7.89. The molecular formula is C13H22N4O2S. The summed E-state index contributed by atoms with van der Waals surface area (Å²) in [5.74, 6) is 0.524. The number of hydrazone groups is 1. The van der Waals surface area contributed by atoms with Crippen molar-refractivity contribution in [3.05, 3.63) is 18.3 Å². The summed E-state index contributed by atoms with van der Waals surface area (Å²) in [6.45, 7) is 8.43. The van der Waals surface area contributed by atoms with Crippen molar-refractivity contribution < 1.29 is 8.42 Å². The van der Waals surface area contributed by atoms with Gasteiger partial charge in [0.25, 0.3) is 0 Å². The quantitative estimate of drug-likeness (QED) is 0.619. The Balaban J connectivity index is 2.91. The lowest BCUT2D eigenvalue weighted by molar-refractivity contribution is 0.445. The van der Waals surface area contributed by atoms with Crippen molar-refractivity contribution in [1.82, 2.24) is 9.29 Å². The number of sulfonamides is 1. The molecule has 7 heteroatoms. The maximum Gasteiger partial charge on any atom is 0.244 e. The van der Waals surface area contributed by atoms with Crippen LogP contribution in [0.25, 0.3) is 0 Å². The van der Waals surface area contributed by atoms with Gasteiger partial charge in [-0.3, -0.25) is 5.43 Å². The van der Waals surface area contributed by atoms with Gasteiger partial charge in [0.1, 0.15) is 10.7 Å². The summed E-state index contributed by atoms with van der Waals surface area (Å²) in [5.41, 5.74) is 3.75. The molecule has 1 N–H and O–H groups in total. The number of anilines is 1. The molecule has 0 fully saturated rings. The summed E-state index contributed by atoms with van der Waals surface area (Å²) < 4.78 is 25.9. The highest BCUT2D eigenvalue weighted by Crippen LogP contribution is 2.16. The van der Waals surface area contributed by atoms with Crippen LogP contribution in [0, 0.1) is 0 Å². The van der Waals surface area contributed by atoms with Gasteiger partial charge >= 0.3 is 0 Å². The number of hydrogen-bond acceptors (Lipinski definition) is 5. The average Bonchev–Trinajstić information content (AvgIpc) is 2.46. The first-order valence-corrected chi connectivity index (χ1v) is 8.15. The molecule has 1 aromatic rings. The highest BCUT2D eigenvalue weighted by atomic mass is 32.2. The van der Waals surface area contributed by atoms with Crippen molar-refractivity contribution in [1.29, 1.82) is 0 Å². The second-order valence-electron chi connectivity index (χ2n) is 4.28. The van der Waals surface area contributed by atoms with Crippen LogP contribution in [0.3, 0.4) is 0 Å². The minimum Gasteiger partial charge on any atom is -0.261 e. The van der Waals surface area contributed by atoms with Gasteiger partial charge in [-0.15, -0.1) is 0 Å². The maximum atomic E-state index is 12.3. The number of rotatable bonds is 7. The van der Waals surface area contributed by atoms with E-state index in [1.165, 1.54) is 10.5 Å². The van der Waals surface area contributed by atoms with E-state index < -0.39 is 10.0 Å². The molecule has 0 saturated heterocycles. The minimum absolute atomic E-state index is 0.197. The number of aromatic nitrogens is 1. The molecule has 6 nitrogen and oxygen atoms in total. The molecule has 0 aliphatic rings. The predicted molar refractivity (Wildman–Crippen MR) is 81.4 cm³/mol. The lowest BCUT2D eigenvalue weighted by Gasteiger charge is -2.18. The van der Waals surface area contributed by atoms with E-state index in [-0.39, 0.29) is 4.90 Å². The van der Waals surface area contributed by atoms with Crippen LogP contribution in [0.5, 0.6) is 0 Å². The monoisotopic (exact) mass is 298 g/mol. The Bertz CT molecular complexity index is 548. The average molecular weight is 298 g/mol. The van der Waals surface area contributed by atoms with Crippen LogP contribution in [0.15, 0.2) is 28.3 Å². The standard InChI is InChI=1S/C13H22N4O2S/c1-5-11(4)15-16-13-9-8-12(10-14-13)20(18,19)17(6-2)7-3/h8-10H,5-7H2,1-4H3,(H,14,16)/b15-11+. The van der Waals surface area contributed by atoms with E-state index in [4.69, 9.17) is 0 Å². The topological polar surface area (TPSA) is 74.7 Å². The molecule has 0 bridgehead atoms. The van der Waals surface area contributed by atoms with E-state index in [9.17, 15) is 8.42 Å². The van der Waals surface area contributed by atoms with Crippen LogP contribution in [-0.4, -0.2) is 36.5 Å². The van der Waals surface area contributed by atoms with Gasteiger partial charge in [-0.05, 0) is 25.5 Å². The van der Waals surface area contributed by atoms with Gasteiger partial charge < -0.3 is 0 Å². The van der Waals surface area contributed by atoms with E-state index in [1.807, 2.05) is 27.7 Å². The molecule has 1 heterocycles. The largest absolute Gasteiger partial charge is 0.261 e. The van der Waals surface area contributed by atoms with Gasteiger partial charge in [0.2, 0.25) is 10.0 Å². The zero-order valence-electron chi connectivity index (χ0n) is 12.4. The maximum absolute atomic E-state index is 12.3. The van der Waals surface area contributed by atoms with Crippen LogP contribution >= 0.6 is 0 Å². The van der Waals surface area contributed by atoms with E-state index in [1.54, 1.807) is 12.1 Å². The van der Waals surface area contributed by atoms with E-state index in [2.05, 4.69) is 15.5 Å². The molecule has 0 saturated carbocycles. The Morgan fingerprint density at radius 2 is 1.95 bits per heavy atom. The fourth-order valence-electron chi connectivity index (χ4n) is 1.54. The molecule has 0 spiro atoms. The molecule has 20 heavy (non-hydrogen) atoms. The van der Waals surface area contributed by atoms with Gasteiger partial charge in [-0.25, -0.2) is 13.4 Å². The summed E-state index contributed by atoms with van der Waals surface area (Å²) in [7, 11) is -3.45. The molecule has 0 aromatic carbocycles. The molecule has 1 rings (SSSR count). The number of nitrogens with zero attached hydrogens (tertiary/aromatic N) is 3. The summed E-state index contributed by atoms with van der Waals surface area (Å²) in [6.07, 6.45) is 2.20. The van der Waals surface area contributed by atoms with Crippen molar-refractivity contribution in [3.63, 3.8) is 0 Å². The van der Waals surface area contributed by atoms with Crippen LogP contribution in [0.2, 0.25) is 0 Å². The van der Waals surface area contributed by atoms with E-state index in [0.717, 1.165) is 12.1 Å². The van der Waals surface area contributed by atoms with Crippen LogP contribution in [0.1, 0.15) is 34.1 Å². The number of hydrogen-bond donors (Lipinski definition) is 1. The van der Waals surface area contributed by atoms with Crippen molar-refractivity contribution in [2.24, 2.45) is 5.10 Å². The fraction of sp³-hybridized carbons (Fsp3) is 0.538. The predicted octanol–water partition coefficient (Wildman–Crippen LogP) is 2.31. The lowest BCUT2D eigenvalue weighted by Crippen LogP contribution is -2.30. The number of nitrogens with one attached hydrogen (secondary N) is 1. The third-order valence-corrected chi connectivity index (χ3v) is 4.99. The number of pyridine rings is 1. The van der Waals surface area contributed by atoms with Gasteiger partial charge in [0, 0.05) is 25.0 Å². The summed E-state index contributed by atoms with van der Waals surface area (Å²) in [6, 6.07) is 3.16. The Kier molecular flexibility index (Phi) is 6.09. The highest BCUT2D eigenvalue weighted by Gasteiger charge is 2.21. The molecule has 0 aliphatic heterocycles. The molecule has 0 radical (unpaired) electrons. The molecule has 0 aliphatic carbocycles. The Labute approximate surface area is 121 Å². The molecule has 1 aromatic heterocycles. The van der Waals surface area contributed by atoms with Crippen molar-refractivity contribution in [2.45, 2.75) is 39.0 Å². The summed E-state index contributed by atoms with van der Waals surface area (Å²) >= 11 is 0. The second kappa shape index (κ2) is 7.35. The Hall–Kier alpha value is -1.47. The Morgan fingerprint density at radius 3 is 2.40 bits per heavy atom. The Morgan fingerprint density at radius 1 is 1.30 bits per heavy atom. The first-order chi connectivity index (χ1) is 9.45. The van der Waals surface area contributed by atoms with Gasteiger partial charge in [0.05, 0.1) is 0 Å². The van der Waals surface area contributed by atoms with Crippen molar-refractivity contribution >= 4 is 21.6 Å². The van der Waals surface area contributed by atoms with Crippen LogP contribution < -0.4 is 5.43 Å². The first kappa shape index (κ1) is 16.6. The molecule has 0 unspecified atom stereocenters. The lowest BCUT2D eigenvalue weighted by atomic mass is 10.3. The SMILES string of the molecule is CC/C(C)=N/Nc1ccc(S(=O)(=O)N(CC)CC)cn1. The molecule has 112 valence electrons. The smallest absolute Gasteiger partial charge is 0.244 e. The van der Waals surface area contributed by atoms with Gasteiger partial charge in [-0.1, -0.05) is 20.8 Å². The third kappa shape index (κ3) is 4.01. The first-order valence-electron chi connectivity index (χ1n) is 6.71. The van der Waals surface area contributed by atoms with Gasteiger partial charge in [-0.2, -0.15) is 9.41 Å². The van der Waals surface area contributed by atoms with E-state index in [0.29, 0.717) is 18.9 Å². The summed E-state index contributed by atoms with van der Waals surface area (Å²) in [5, 5.41) is 4.12. The zero-order valence-corrected chi connectivity index (χ0v) is 13.2. The summed E-state index contributed by atoms with van der Waals surface area (Å²) in [4.78, 5) is 4.28. The molecule has 0 amide bonds. The molecule has 0 atom stereocenters. The van der Waals surface area contributed by atoms with Crippen molar-refractivity contribution in [3.8, 4) is 0 Å². The van der Waals surface area contributed by atoms with Gasteiger partial charge in [0.15, 0.2) is 0 Å². The van der Waals surface area contributed by atoms with Crippen LogP contribution in [-0.2, 0) is 10.0 Å². The van der Waals surface area contributed by atoms with Crippen molar-refractivity contribution in [2.75, 3.05) is 18.5 Å². The van der Waals surface area contributed by atoms with E-state index >= 15 is 0 Å². The third-order valence-electron chi connectivity index (χ3n) is 2.95. The second-order valence-corrected chi connectivity index (χ2v) is 6.22.